The summed E-state index contributed by atoms with van der Waals surface area (Å²) in [7, 11) is 0. The minimum atomic E-state index is -0.471. The highest BCUT2D eigenvalue weighted by Gasteiger charge is 2.35. The molecule has 1 aliphatic heterocycles. The second-order valence-electron chi connectivity index (χ2n) is 10.3. The van der Waals surface area contributed by atoms with Gasteiger partial charge in [-0.15, -0.1) is 5.10 Å². The lowest BCUT2D eigenvalue weighted by atomic mass is 9.69. The van der Waals surface area contributed by atoms with Crippen LogP contribution in [0.4, 0.5) is 0 Å². The van der Waals surface area contributed by atoms with E-state index in [0.29, 0.717) is 17.4 Å². The number of carbonyl (C=O) groups excluding carboxylic acids is 1. The van der Waals surface area contributed by atoms with Gasteiger partial charge in [0.05, 0.1) is 17.8 Å². The number of nitrogens with zero attached hydrogens (tertiary/aromatic N) is 4. The maximum Gasteiger partial charge on any atom is 0.225 e. The molecule has 1 saturated carbocycles. The fourth-order valence-electron chi connectivity index (χ4n) is 4.57. The van der Waals surface area contributed by atoms with Gasteiger partial charge in [-0.1, -0.05) is 26.0 Å². The normalized spacial score (nSPS) is 25.6. The van der Waals surface area contributed by atoms with Crippen LogP contribution in [0.25, 0.3) is 0 Å². The molecule has 1 saturated heterocycles. The van der Waals surface area contributed by atoms with Gasteiger partial charge in [0.2, 0.25) is 5.91 Å². The van der Waals surface area contributed by atoms with Gasteiger partial charge in [-0.25, -0.2) is 4.68 Å². The predicted molar refractivity (Wildman–Crippen MR) is 107 cm³/mol. The van der Waals surface area contributed by atoms with Crippen molar-refractivity contribution in [3.05, 3.63) is 11.9 Å². The number of aromatic nitrogens is 3. The van der Waals surface area contributed by atoms with Gasteiger partial charge in [-0.3, -0.25) is 4.79 Å². The summed E-state index contributed by atoms with van der Waals surface area (Å²) in [5, 5.41) is 8.51. The molecule has 3 rings (SSSR count). The quantitative estimate of drug-likeness (QED) is 0.877. The number of rotatable bonds is 3. The number of likely N-dealkylation sites (tertiary alicyclic amines) is 1. The zero-order valence-corrected chi connectivity index (χ0v) is 17.7. The molecule has 2 aliphatic rings. The zero-order valence-electron chi connectivity index (χ0n) is 17.7. The Labute approximate surface area is 163 Å². The van der Waals surface area contributed by atoms with Crippen molar-refractivity contribution in [2.75, 3.05) is 13.1 Å². The lowest BCUT2D eigenvalue weighted by Crippen LogP contribution is -2.43. The number of piperidine rings is 1. The summed E-state index contributed by atoms with van der Waals surface area (Å²) in [6.45, 7) is 12.5. The van der Waals surface area contributed by atoms with Crippen LogP contribution in [0.15, 0.2) is 6.20 Å². The molecule has 0 atom stereocenters. The molecular weight excluding hydrogens is 338 g/mol. The van der Waals surface area contributed by atoms with Crippen LogP contribution in [0.2, 0.25) is 0 Å². The standard InChI is InChI=1S/C21H37N5O/c1-20(2,3)16-8-6-15(7-9-16)19(27)25-12-10-17(11-13-25)26-14-18(23-24-26)21(4,5)22/h14-17H,6-13,22H2,1-5H3. The Hall–Kier alpha value is -1.43. The smallest absolute Gasteiger partial charge is 0.225 e. The van der Waals surface area contributed by atoms with Crippen molar-refractivity contribution in [2.24, 2.45) is 23.0 Å². The van der Waals surface area contributed by atoms with Crippen molar-refractivity contribution in [3.8, 4) is 0 Å². The van der Waals surface area contributed by atoms with Crippen molar-refractivity contribution in [2.45, 2.75) is 84.7 Å². The van der Waals surface area contributed by atoms with Crippen LogP contribution in [0.3, 0.4) is 0 Å². The van der Waals surface area contributed by atoms with E-state index in [1.165, 1.54) is 12.8 Å². The van der Waals surface area contributed by atoms with E-state index in [1.807, 2.05) is 24.7 Å². The van der Waals surface area contributed by atoms with Crippen molar-refractivity contribution in [1.82, 2.24) is 19.9 Å². The number of nitrogens with two attached hydrogens (primary N) is 1. The Bertz CT molecular complexity index is 638. The van der Waals surface area contributed by atoms with E-state index < -0.39 is 5.54 Å². The molecule has 2 heterocycles. The van der Waals surface area contributed by atoms with E-state index in [0.717, 1.165) is 50.4 Å². The molecule has 1 aromatic heterocycles. The lowest BCUT2D eigenvalue weighted by Gasteiger charge is -2.39. The largest absolute Gasteiger partial charge is 0.342 e. The minimum absolute atomic E-state index is 0.233. The molecule has 152 valence electrons. The Morgan fingerprint density at radius 1 is 1.04 bits per heavy atom. The van der Waals surface area contributed by atoms with Crippen LogP contribution in [-0.4, -0.2) is 38.9 Å². The number of hydrogen-bond acceptors (Lipinski definition) is 4. The van der Waals surface area contributed by atoms with Crippen LogP contribution in [0.1, 0.15) is 84.9 Å². The highest BCUT2D eigenvalue weighted by Crippen LogP contribution is 2.40. The van der Waals surface area contributed by atoms with Gasteiger partial charge in [0.15, 0.2) is 0 Å². The van der Waals surface area contributed by atoms with E-state index in [1.54, 1.807) is 0 Å². The molecule has 1 amide bonds. The van der Waals surface area contributed by atoms with E-state index in [2.05, 4.69) is 36.0 Å². The second kappa shape index (κ2) is 7.53. The third kappa shape index (κ3) is 4.71. The second-order valence-corrected chi connectivity index (χ2v) is 10.3. The van der Waals surface area contributed by atoms with Crippen molar-refractivity contribution < 1.29 is 4.79 Å². The average Bonchev–Trinajstić information content (AvgIpc) is 3.11. The molecule has 2 N–H and O–H groups in total. The summed E-state index contributed by atoms with van der Waals surface area (Å²) in [5.74, 6) is 1.36. The number of hydrogen-bond donors (Lipinski definition) is 1. The number of amides is 1. The average molecular weight is 376 g/mol. The molecule has 2 fully saturated rings. The summed E-state index contributed by atoms with van der Waals surface area (Å²) in [6, 6.07) is 0.314. The van der Waals surface area contributed by atoms with Crippen molar-refractivity contribution in [1.29, 1.82) is 0 Å². The molecule has 0 spiro atoms. The van der Waals surface area contributed by atoms with E-state index in [-0.39, 0.29) is 5.92 Å². The molecule has 27 heavy (non-hydrogen) atoms. The highest BCUT2D eigenvalue weighted by molar-refractivity contribution is 5.79. The van der Waals surface area contributed by atoms with Crippen LogP contribution in [0, 0.1) is 17.3 Å². The summed E-state index contributed by atoms with van der Waals surface area (Å²) < 4.78 is 1.94. The molecule has 6 heteroatoms. The summed E-state index contributed by atoms with van der Waals surface area (Å²) in [5.41, 5.74) is 6.82. The molecule has 1 aliphatic carbocycles. The van der Waals surface area contributed by atoms with Gasteiger partial charge < -0.3 is 10.6 Å². The molecule has 6 nitrogen and oxygen atoms in total. The van der Waals surface area contributed by atoms with Crippen molar-refractivity contribution >= 4 is 5.91 Å². The Morgan fingerprint density at radius 3 is 2.11 bits per heavy atom. The van der Waals surface area contributed by atoms with Crippen LogP contribution in [0.5, 0.6) is 0 Å². The lowest BCUT2D eigenvalue weighted by molar-refractivity contribution is -0.138. The van der Waals surface area contributed by atoms with E-state index >= 15 is 0 Å². The first-order valence-electron chi connectivity index (χ1n) is 10.6. The van der Waals surface area contributed by atoms with Gasteiger partial charge in [0.1, 0.15) is 5.69 Å². The molecule has 0 unspecified atom stereocenters. The third-order valence-electron chi connectivity index (χ3n) is 6.62. The fraction of sp³-hybridized carbons (Fsp3) is 0.857. The predicted octanol–water partition coefficient (Wildman–Crippen LogP) is 3.49. The topological polar surface area (TPSA) is 77.0 Å². The zero-order chi connectivity index (χ0) is 19.8. The SMILES string of the molecule is CC(C)(N)c1cn(C2CCN(C(=O)C3CCC(C(C)(C)C)CC3)CC2)nn1. The van der Waals surface area contributed by atoms with Crippen molar-refractivity contribution in [3.63, 3.8) is 0 Å². The summed E-state index contributed by atoms with van der Waals surface area (Å²) >= 11 is 0. The van der Waals surface area contributed by atoms with E-state index in [9.17, 15) is 4.79 Å². The first kappa shape index (κ1) is 20.3. The van der Waals surface area contributed by atoms with Crippen LogP contribution < -0.4 is 5.73 Å². The van der Waals surface area contributed by atoms with Crippen LogP contribution >= 0.6 is 0 Å². The van der Waals surface area contributed by atoms with Gasteiger partial charge in [-0.05, 0) is 63.7 Å². The van der Waals surface area contributed by atoms with Crippen LogP contribution in [-0.2, 0) is 10.3 Å². The Balaban J connectivity index is 1.51. The van der Waals surface area contributed by atoms with E-state index in [4.69, 9.17) is 5.73 Å². The Kier molecular flexibility index (Phi) is 5.67. The minimum Gasteiger partial charge on any atom is -0.342 e. The first-order valence-corrected chi connectivity index (χ1v) is 10.6. The fourth-order valence-corrected chi connectivity index (χ4v) is 4.57. The molecule has 0 aromatic carbocycles. The Morgan fingerprint density at radius 2 is 1.63 bits per heavy atom. The summed E-state index contributed by atoms with van der Waals surface area (Å²) in [6.07, 6.45) is 8.33. The maximum absolute atomic E-state index is 13.0. The molecular formula is C21H37N5O. The number of carbonyl (C=O) groups is 1. The summed E-state index contributed by atoms with van der Waals surface area (Å²) in [4.78, 5) is 15.0. The highest BCUT2D eigenvalue weighted by atomic mass is 16.2. The first-order chi connectivity index (χ1) is 12.6. The van der Waals surface area contributed by atoms with Gasteiger partial charge in [0, 0.05) is 19.0 Å². The molecule has 0 radical (unpaired) electrons. The third-order valence-corrected chi connectivity index (χ3v) is 6.62. The molecule has 0 bridgehead atoms. The molecule has 1 aromatic rings. The van der Waals surface area contributed by atoms with Gasteiger partial charge in [0.25, 0.3) is 0 Å². The van der Waals surface area contributed by atoms with Gasteiger partial charge >= 0.3 is 0 Å². The van der Waals surface area contributed by atoms with Gasteiger partial charge in [-0.2, -0.15) is 0 Å². The monoisotopic (exact) mass is 375 g/mol. The maximum atomic E-state index is 13.0.